The molecule has 1 aromatic carbocycles. The number of hydrogen-bond acceptors (Lipinski definition) is 3. The summed E-state index contributed by atoms with van der Waals surface area (Å²) in [6, 6.07) is 6.89. The van der Waals surface area contributed by atoms with Crippen LogP contribution in [0.15, 0.2) is 54.8 Å². The lowest BCUT2D eigenvalue weighted by molar-refractivity contribution is -0.132. The molecule has 1 aliphatic rings. The van der Waals surface area contributed by atoms with Crippen LogP contribution in [0.25, 0.3) is 0 Å². The molecule has 1 aromatic rings. The number of benzene rings is 1. The summed E-state index contributed by atoms with van der Waals surface area (Å²) in [5.41, 5.74) is 4.09. The van der Waals surface area contributed by atoms with Crippen LogP contribution in [0.3, 0.4) is 0 Å². The molecule has 22 heavy (non-hydrogen) atoms. The number of carbonyl (C=O) groups excluding carboxylic acids is 1. The summed E-state index contributed by atoms with van der Waals surface area (Å²) in [6.45, 7) is 9.02. The molecule has 2 rings (SSSR count). The molecule has 0 saturated carbocycles. The van der Waals surface area contributed by atoms with Gasteiger partial charge in [-0.2, -0.15) is 0 Å². The average molecular weight is 299 g/mol. The number of anilines is 1. The van der Waals surface area contributed by atoms with Crippen LogP contribution in [0, 0.1) is 5.92 Å². The maximum Gasteiger partial charge on any atom is 0.233 e. The van der Waals surface area contributed by atoms with Gasteiger partial charge in [-0.3, -0.25) is 4.79 Å². The Balaban J connectivity index is 2.32. The van der Waals surface area contributed by atoms with Gasteiger partial charge in [-0.1, -0.05) is 12.7 Å². The van der Waals surface area contributed by atoms with Crippen LogP contribution in [-0.4, -0.2) is 30.3 Å². The molecule has 116 valence electrons. The van der Waals surface area contributed by atoms with Crippen molar-refractivity contribution in [3.63, 3.8) is 0 Å². The van der Waals surface area contributed by atoms with Crippen LogP contribution in [0.2, 0.25) is 0 Å². The molecule has 4 heteroatoms. The van der Waals surface area contributed by atoms with Crippen LogP contribution in [-0.2, 0) is 4.79 Å². The van der Waals surface area contributed by atoms with Crippen molar-refractivity contribution in [2.75, 3.05) is 12.0 Å². The minimum absolute atomic E-state index is 0.00835. The Bertz CT molecular complexity index is 614. The minimum Gasteiger partial charge on any atom is -0.497 e. The van der Waals surface area contributed by atoms with Gasteiger partial charge in [0, 0.05) is 5.69 Å². The minimum atomic E-state index is -0.790. The zero-order valence-electron chi connectivity index (χ0n) is 13.0. The number of nitrogens with zero attached hydrogens (tertiary/aromatic N) is 1. The summed E-state index contributed by atoms with van der Waals surface area (Å²) < 4.78 is 5.13. The summed E-state index contributed by atoms with van der Waals surface area (Å²) in [7, 11) is 1.59. The van der Waals surface area contributed by atoms with E-state index < -0.39 is 6.10 Å². The average Bonchev–Trinajstić information content (AvgIpc) is 2.56. The summed E-state index contributed by atoms with van der Waals surface area (Å²) in [5.74, 6) is 0.447. The number of ether oxygens (including phenoxy) is 1. The fourth-order valence-electron chi connectivity index (χ4n) is 2.75. The normalized spacial score (nSPS) is 21.6. The molecular formula is C18H21NO3. The van der Waals surface area contributed by atoms with Gasteiger partial charge in [0.15, 0.2) is 0 Å². The van der Waals surface area contributed by atoms with Gasteiger partial charge in [0.2, 0.25) is 5.91 Å². The fraction of sp³-hybridized carbons (Fsp3) is 0.333. The first-order valence-corrected chi connectivity index (χ1v) is 7.17. The van der Waals surface area contributed by atoms with E-state index in [9.17, 15) is 9.90 Å². The molecule has 0 radical (unpaired) electrons. The molecule has 0 bridgehead atoms. The quantitative estimate of drug-likeness (QED) is 0.499. The standard InChI is InChI=1S/C18H21NO3/c1-5-7-15-16(17(20)12(3)6-2)19(18(15)21)13-8-10-14(22-4)11-9-13/h5,8-11,15-17,20H,1-2,7H2,3-4H3/t15-,16-,17+/m0/s1. The molecule has 0 spiro atoms. The molecule has 1 heterocycles. The number of amides is 1. The van der Waals surface area contributed by atoms with Crippen LogP contribution in [0.5, 0.6) is 5.75 Å². The second-order valence-electron chi connectivity index (χ2n) is 5.33. The second-order valence-corrected chi connectivity index (χ2v) is 5.33. The number of carbonyl (C=O) groups is 1. The van der Waals surface area contributed by atoms with Crippen LogP contribution in [0.1, 0.15) is 13.3 Å². The van der Waals surface area contributed by atoms with E-state index in [-0.39, 0.29) is 17.9 Å². The molecule has 4 nitrogen and oxygen atoms in total. The number of aliphatic hydroxyl groups is 1. The van der Waals surface area contributed by atoms with E-state index in [1.807, 2.05) is 12.1 Å². The predicted octanol–water partition coefficient (Wildman–Crippen LogP) is 2.69. The van der Waals surface area contributed by atoms with E-state index >= 15 is 0 Å². The van der Waals surface area contributed by atoms with Gasteiger partial charge in [-0.15, -0.1) is 12.3 Å². The fourth-order valence-corrected chi connectivity index (χ4v) is 2.75. The summed E-state index contributed by atoms with van der Waals surface area (Å²) in [5, 5.41) is 10.5. The first kappa shape index (κ1) is 16.1. The van der Waals surface area contributed by atoms with Gasteiger partial charge < -0.3 is 14.7 Å². The van der Waals surface area contributed by atoms with Crippen molar-refractivity contribution in [1.29, 1.82) is 0 Å². The maximum absolute atomic E-state index is 12.4. The third kappa shape index (κ3) is 2.71. The van der Waals surface area contributed by atoms with Crippen molar-refractivity contribution in [2.45, 2.75) is 25.5 Å². The van der Waals surface area contributed by atoms with Crippen molar-refractivity contribution in [3.8, 4) is 5.75 Å². The highest BCUT2D eigenvalue weighted by Crippen LogP contribution is 2.38. The SMILES string of the molecule is C=C=C(C)[C@@H](O)[C@@H]1[C@H](CC=C)C(=O)N1c1ccc(OC)cc1. The molecule has 3 atom stereocenters. The summed E-state index contributed by atoms with van der Waals surface area (Å²) in [4.78, 5) is 14.0. The third-order valence-electron chi connectivity index (χ3n) is 4.08. The molecule has 0 aromatic heterocycles. The van der Waals surface area contributed by atoms with E-state index in [1.165, 1.54) is 0 Å². The van der Waals surface area contributed by atoms with Gasteiger partial charge in [-0.05, 0) is 43.2 Å². The predicted molar refractivity (Wildman–Crippen MR) is 86.9 cm³/mol. The monoisotopic (exact) mass is 299 g/mol. The summed E-state index contributed by atoms with van der Waals surface area (Å²) in [6.07, 6.45) is 1.46. The molecule has 0 unspecified atom stereocenters. The Hall–Kier alpha value is -2.29. The number of hydrogen-bond donors (Lipinski definition) is 1. The number of allylic oxidation sites excluding steroid dienone is 1. The van der Waals surface area contributed by atoms with Gasteiger partial charge in [0.1, 0.15) is 11.9 Å². The van der Waals surface area contributed by atoms with Crippen molar-refractivity contribution in [2.24, 2.45) is 5.92 Å². The van der Waals surface area contributed by atoms with Crippen molar-refractivity contribution in [1.82, 2.24) is 0 Å². The smallest absolute Gasteiger partial charge is 0.233 e. The Labute approximate surface area is 131 Å². The van der Waals surface area contributed by atoms with Gasteiger partial charge in [0.25, 0.3) is 0 Å². The Morgan fingerprint density at radius 2 is 2.14 bits per heavy atom. The van der Waals surface area contributed by atoms with Crippen molar-refractivity contribution in [3.05, 3.63) is 54.8 Å². The lowest BCUT2D eigenvalue weighted by Gasteiger charge is -2.49. The molecular weight excluding hydrogens is 278 g/mol. The largest absolute Gasteiger partial charge is 0.497 e. The highest BCUT2D eigenvalue weighted by molar-refractivity contribution is 6.03. The third-order valence-corrected chi connectivity index (χ3v) is 4.08. The first-order chi connectivity index (χ1) is 10.5. The molecule has 1 saturated heterocycles. The highest BCUT2D eigenvalue weighted by Gasteiger charge is 2.50. The molecule has 1 fully saturated rings. The van der Waals surface area contributed by atoms with E-state index in [1.54, 1.807) is 37.1 Å². The molecule has 1 aliphatic heterocycles. The molecule has 0 aliphatic carbocycles. The summed E-state index contributed by atoms with van der Waals surface area (Å²) >= 11 is 0. The van der Waals surface area contributed by atoms with E-state index in [2.05, 4.69) is 18.9 Å². The van der Waals surface area contributed by atoms with Gasteiger partial charge >= 0.3 is 0 Å². The van der Waals surface area contributed by atoms with Crippen LogP contribution in [0.4, 0.5) is 5.69 Å². The Morgan fingerprint density at radius 1 is 1.50 bits per heavy atom. The number of rotatable bonds is 6. The zero-order chi connectivity index (χ0) is 16.3. The lowest BCUT2D eigenvalue weighted by Crippen LogP contribution is -2.66. The number of methoxy groups -OCH3 is 1. The first-order valence-electron chi connectivity index (χ1n) is 7.17. The Morgan fingerprint density at radius 3 is 2.64 bits per heavy atom. The maximum atomic E-state index is 12.4. The van der Waals surface area contributed by atoms with Crippen LogP contribution >= 0.6 is 0 Å². The zero-order valence-corrected chi connectivity index (χ0v) is 13.0. The molecule has 1 amide bonds. The number of β-lactam (4-membered cyclic amide) rings is 1. The lowest BCUT2D eigenvalue weighted by atomic mass is 9.79. The molecule has 1 N–H and O–H groups in total. The van der Waals surface area contributed by atoms with E-state index in [0.717, 1.165) is 11.4 Å². The highest BCUT2D eigenvalue weighted by atomic mass is 16.5. The van der Waals surface area contributed by atoms with E-state index in [4.69, 9.17) is 4.74 Å². The van der Waals surface area contributed by atoms with Crippen molar-refractivity contribution >= 4 is 11.6 Å². The van der Waals surface area contributed by atoms with Gasteiger partial charge in [0.05, 0.1) is 19.1 Å². The Kier molecular flexibility index (Phi) is 4.86. The number of aliphatic hydroxyl groups excluding tert-OH is 1. The van der Waals surface area contributed by atoms with Crippen LogP contribution < -0.4 is 9.64 Å². The van der Waals surface area contributed by atoms with Crippen molar-refractivity contribution < 1.29 is 14.6 Å². The van der Waals surface area contributed by atoms with Gasteiger partial charge in [-0.25, -0.2) is 0 Å². The van der Waals surface area contributed by atoms with E-state index in [0.29, 0.717) is 12.0 Å². The second kappa shape index (κ2) is 6.65. The topological polar surface area (TPSA) is 49.8 Å².